The van der Waals surface area contributed by atoms with Crippen molar-refractivity contribution in [2.24, 2.45) is 52.3 Å². The summed E-state index contributed by atoms with van der Waals surface area (Å²) in [7, 11) is 0. The fourth-order valence-corrected chi connectivity index (χ4v) is 9.39. The summed E-state index contributed by atoms with van der Waals surface area (Å²) in [6, 6.07) is 0. The molecular formula is C31H48O6. The first-order chi connectivity index (χ1) is 17.4. The number of rotatable bonds is 8. The first kappa shape index (κ1) is 28.3. The van der Waals surface area contributed by atoms with Crippen LogP contribution in [0.4, 0.5) is 0 Å². The molecule has 4 aliphatic rings. The third kappa shape index (κ3) is 5.41. The van der Waals surface area contributed by atoms with E-state index in [9.17, 15) is 19.2 Å². The molecule has 4 saturated carbocycles. The second-order valence-corrected chi connectivity index (χ2v) is 13.6. The van der Waals surface area contributed by atoms with Crippen molar-refractivity contribution in [1.82, 2.24) is 0 Å². The highest BCUT2D eigenvalue weighted by Gasteiger charge is 2.63. The van der Waals surface area contributed by atoms with E-state index >= 15 is 0 Å². The van der Waals surface area contributed by atoms with Crippen LogP contribution in [0, 0.1) is 52.3 Å². The molecule has 0 aliphatic heterocycles. The number of ether oxygens (including phenoxy) is 2. The van der Waals surface area contributed by atoms with Crippen LogP contribution in [0.25, 0.3) is 0 Å². The van der Waals surface area contributed by atoms with Gasteiger partial charge in [0.25, 0.3) is 0 Å². The highest BCUT2D eigenvalue weighted by Crippen LogP contribution is 2.67. The highest BCUT2D eigenvalue weighted by atomic mass is 16.5. The fourth-order valence-electron chi connectivity index (χ4n) is 9.39. The van der Waals surface area contributed by atoms with E-state index in [4.69, 9.17) is 9.47 Å². The minimum Gasteiger partial charge on any atom is -0.466 e. The van der Waals surface area contributed by atoms with Gasteiger partial charge in [0.2, 0.25) is 0 Å². The van der Waals surface area contributed by atoms with Crippen molar-refractivity contribution in [2.75, 3.05) is 6.61 Å². The molecule has 4 rings (SSSR count). The Kier molecular flexibility index (Phi) is 8.26. The topological polar surface area (TPSA) is 86.7 Å². The number of Topliss-reactive ketones (excluding diaryl/α,β-unsaturated/α-hetero) is 2. The Balaban J connectivity index is 1.42. The molecule has 0 amide bonds. The van der Waals surface area contributed by atoms with E-state index in [2.05, 4.69) is 13.8 Å². The van der Waals surface area contributed by atoms with E-state index < -0.39 is 0 Å². The van der Waals surface area contributed by atoms with Gasteiger partial charge in [-0.15, -0.1) is 0 Å². The average molecular weight is 517 g/mol. The number of esters is 2. The van der Waals surface area contributed by atoms with E-state index in [1.807, 2.05) is 13.8 Å². The van der Waals surface area contributed by atoms with E-state index in [1.165, 1.54) is 13.8 Å². The maximum Gasteiger partial charge on any atom is 0.302 e. The number of fused-ring (bicyclic) bond motifs is 5. The number of hydrogen-bond acceptors (Lipinski definition) is 6. The zero-order chi connectivity index (χ0) is 27.1. The van der Waals surface area contributed by atoms with Crippen molar-refractivity contribution >= 4 is 23.5 Å². The van der Waals surface area contributed by atoms with Crippen LogP contribution in [-0.4, -0.2) is 36.2 Å². The van der Waals surface area contributed by atoms with Gasteiger partial charge in [0.05, 0.1) is 6.61 Å². The van der Waals surface area contributed by atoms with Gasteiger partial charge >= 0.3 is 11.9 Å². The lowest BCUT2D eigenvalue weighted by Gasteiger charge is -2.61. The van der Waals surface area contributed by atoms with Crippen molar-refractivity contribution in [2.45, 2.75) is 112 Å². The minimum absolute atomic E-state index is 0.0574. The van der Waals surface area contributed by atoms with Crippen LogP contribution in [0.5, 0.6) is 0 Å². The predicted octanol–water partition coefficient (Wildman–Crippen LogP) is 5.94. The van der Waals surface area contributed by atoms with Gasteiger partial charge in [-0.25, -0.2) is 0 Å². The van der Waals surface area contributed by atoms with Crippen molar-refractivity contribution in [3.8, 4) is 0 Å². The minimum atomic E-state index is -0.294. The number of carbonyl (C=O) groups is 4. The van der Waals surface area contributed by atoms with Crippen LogP contribution < -0.4 is 0 Å². The molecule has 0 radical (unpaired) electrons. The second-order valence-electron chi connectivity index (χ2n) is 13.6. The van der Waals surface area contributed by atoms with Crippen LogP contribution in [0.2, 0.25) is 0 Å². The van der Waals surface area contributed by atoms with Crippen molar-refractivity contribution < 1.29 is 28.7 Å². The maximum atomic E-state index is 13.5. The van der Waals surface area contributed by atoms with Gasteiger partial charge in [-0.05, 0) is 91.8 Å². The smallest absolute Gasteiger partial charge is 0.302 e. The summed E-state index contributed by atoms with van der Waals surface area (Å²) in [6.45, 7) is 12.0. The zero-order valence-electron chi connectivity index (χ0n) is 23.8. The van der Waals surface area contributed by atoms with E-state index in [1.54, 1.807) is 0 Å². The van der Waals surface area contributed by atoms with Gasteiger partial charge in [-0.2, -0.15) is 0 Å². The van der Waals surface area contributed by atoms with Gasteiger partial charge in [-0.3, -0.25) is 19.2 Å². The lowest BCUT2D eigenvalue weighted by molar-refractivity contribution is -0.160. The Bertz CT molecular complexity index is 911. The first-order valence-corrected chi connectivity index (χ1v) is 14.7. The van der Waals surface area contributed by atoms with E-state index in [-0.39, 0.29) is 52.4 Å². The highest BCUT2D eigenvalue weighted by molar-refractivity contribution is 5.92. The molecule has 0 spiro atoms. The Morgan fingerprint density at radius 1 is 0.946 bits per heavy atom. The van der Waals surface area contributed by atoms with Crippen molar-refractivity contribution in [3.05, 3.63) is 0 Å². The molecule has 10 atom stereocenters. The summed E-state index contributed by atoms with van der Waals surface area (Å²) < 4.78 is 10.7. The zero-order valence-corrected chi connectivity index (χ0v) is 23.8. The molecule has 10 unspecified atom stereocenters. The van der Waals surface area contributed by atoms with Gasteiger partial charge in [0, 0.05) is 38.5 Å². The summed E-state index contributed by atoms with van der Waals surface area (Å²) in [5, 5.41) is 0. The van der Waals surface area contributed by atoms with Crippen LogP contribution in [0.1, 0.15) is 106 Å². The quantitative estimate of drug-likeness (QED) is 0.371. The Morgan fingerprint density at radius 3 is 2.32 bits per heavy atom. The van der Waals surface area contributed by atoms with Crippen LogP contribution in [-0.2, 0) is 28.7 Å². The van der Waals surface area contributed by atoms with Gasteiger partial charge in [0.15, 0.2) is 0 Å². The summed E-state index contributed by atoms with van der Waals surface area (Å²) in [6.07, 6.45) is 9.26. The lowest BCUT2D eigenvalue weighted by Crippen LogP contribution is -2.54. The third-order valence-electron chi connectivity index (χ3n) is 11.3. The Labute approximate surface area is 223 Å². The predicted molar refractivity (Wildman–Crippen MR) is 140 cm³/mol. The summed E-state index contributed by atoms with van der Waals surface area (Å²) in [5.41, 5.74) is 0.149. The molecule has 208 valence electrons. The van der Waals surface area contributed by atoms with Gasteiger partial charge < -0.3 is 9.47 Å². The SMILES string of the molecule is CC(=O)OCC(C)CCC(=O)C(C)C1C(=O)CC2C3CCC4CC(OC(C)=O)CCC4(C)C3CCC21C. The number of ketones is 2. The van der Waals surface area contributed by atoms with Crippen molar-refractivity contribution in [3.63, 3.8) is 0 Å². The lowest BCUT2D eigenvalue weighted by atomic mass is 9.44. The molecule has 6 heteroatoms. The van der Waals surface area contributed by atoms with Crippen LogP contribution >= 0.6 is 0 Å². The standard InChI is InChI=1S/C31H48O6/c1-18(17-36-20(3)32)7-10-27(34)19(2)29-28(35)16-26-24-9-8-22-15-23(37-21(4)33)11-13-30(22,5)25(24)12-14-31(26,29)6/h18-19,22-26,29H,7-17H2,1-6H3. The molecule has 6 nitrogen and oxygen atoms in total. The monoisotopic (exact) mass is 516 g/mol. The largest absolute Gasteiger partial charge is 0.466 e. The van der Waals surface area contributed by atoms with Gasteiger partial charge in [0.1, 0.15) is 17.7 Å². The average Bonchev–Trinajstić information content (AvgIpc) is 3.10. The van der Waals surface area contributed by atoms with Crippen LogP contribution in [0.15, 0.2) is 0 Å². The molecule has 0 saturated heterocycles. The molecule has 0 aromatic carbocycles. The summed E-state index contributed by atoms with van der Waals surface area (Å²) >= 11 is 0. The molecule has 37 heavy (non-hydrogen) atoms. The molecule has 0 bridgehead atoms. The van der Waals surface area contributed by atoms with Crippen molar-refractivity contribution in [1.29, 1.82) is 0 Å². The molecule has 4 aliphatic carbocycles. The molecule has 4 fully saturated rings. The first-order valence-electron chi connectivity index (χ1n) is 14.7. The second kappa shape index (κ2) is 10.8. The fraction of sp³-hybridized carbons (Fsp3) is 0.871. The summed E-state index contributed by atoms with van der Waals surface area (Å²) in [5.74, 6) is 1.81. The molecule has 0 heterocycles. The molecular weight excluding hydrogens is 468 g/mol. The summed E-state index contributed by atoms with van der Waals surface area (Å²) in [4.78, 5) is 49.4. The molecule has 0 aromatic rings. The number of hydrogen-bond donors (Lipinski definition) is 0. The van der Waals surface area contributed by atoms with E-state index in [0.717, 1.165) is 44.9 Å². The number of carbonyl (C=O) groups excluding carboxylic acids is 4. The van der Waals surface area contributed by atoms with Gasteiger partial charge in [-0.1, -0.05) is 27.7 Å². The molecule has 0 aromatic heterocycles. The Morgan fingerprint density at radius 2 is 1.65 bits per heavy atom. The maximum absolute atomic E-state index is 13.5. The van der Waals surface area contributed by atoms with E-state index in [0.29, 0.717) is 55.3 Å². The Hall–Kier alpha value is -1.72. The third-order valence-corrected chi connectivity index (χ3v) is 11.3. The van der Waals surface area contributed by atoms with Crippen LogP contribution in [0.3, 0.4) is 0 Å². The molecule has 0 N–H and O–H groups in total. The normalized spacial score (nSPS) is 40.5.